The number of hydrogen-bond acceptors (Lipinski definition) is 4. The summed E-state index contributed by atoms with van der Waals surface area (Å²) in [7, 11) is -3.32. The van der Waals surface area contributed by atoms with Crippen LogP contribution >= 0.6 is 0 Å². The molecule has 0 aromatic heterocycles. The summed E-state index contributed by atoms with van der Waals surface area (Å²) >= 11 is 0. The van der Waals surface area contributed by atoms with Crippen LogP contribution in [0.5, 0.6) is 5.75 Å². The van der Waals surface area contributed by atoms with Gasteiger partial charge < -0.3 is 10.2 Å². The van der Waals surface area contributed by atoms with E-state index in [4.69, 9.17) is 10.2 Å². The molecular weight excluding hydrogens is 228 g/mol. The van der Waals surface area contributed by atoms with E-state index in [-0.39, 0.29) is 28.9 Å². The summed E-state index contributed by atoms with van der Waals surface area (Å²) in [5.41, 5.74) is 0. The van der Waals surface area contributed by atoms with E-state index in [1.54, 1.807) is 6.92 Å². The fourth-order valence-corrected chi connectivity index (χ4v) is 3.09. The fourth-order valence-electron chi connectivity index (χ4n) is 1.43. The number of aliphatic hydroxyl groups is 1. The lowest BCUT2D eigenvalue weighted by molar-refractivity contribution is 0.268. The number of phenolic OH excluding ortho intramolecular Hbond substituents is 1. The minimum absolute atomic E-state index is 0.00767. The van der Waals surface area contributed by atoms with Crippen molar-refractivity contribution < 1.29 is 18.6 Å². The summed E-state index contributed by atoms with van der Waals surface area (Å²) in [6, 6.07) is 5.47. The first-order chi connectivity index (χ1) is 7.45. The maximum atomic E-state index is 11.9. The molecule has 1 aromatic carbocycles. The van der Waals surface area contributed by atoms with E-state index in [2.05, 4.69) is 0 Å². The third-order valence-electron chi connectivity index (χ3n) is 2.32. The van der Waals surface area contributed by atoms with E-state index in [1.807, 2.05) is 0 Å². The topological polar surface area (TPSA) is 74.6 Å². The molecule has 0 aliphatic carbocycles. The summed E-state index contributed by atoms with van der Waals surface area (Å²) in [6.07, 6.45) is 0.470. The van der Waals surface area contributed by atoms with Gasteiger partial charge in [0.05, 0.1) is 10.6 Å². The zero-order valence-electron chi connectivity index (χ0n) is 9.13. The molecule has 0 spiro atoms. The Balaban J connectivity index is 2.82. The van der Waals surface area contributed by atoms with Gasteiger partial charge in [-0.25, -0.2) is 8.42 Å². The van der Waals surface area contributed by atoms with Crippen molar-refractivity contribution >= 4 is 9.84 Å². The van der Waals surface area contributed by atoms with Crippen LogP contribution in [-0.2, 0) is 9.84 Å². The Kier molecular flexibility index (Phi) is 4.32. The van der Waals surface area contributed by atoms with Crippen LogP contribution in [-0.4, -0.2) is 31.0 Å². The SMILES string of the molecule is CC(CCO)CS(=O)(=O)c1ccc(O)cc1. The Labute approximate surface area is 95.5 Å². The number of phenols is 1. The molecule has 16 heavy (non-hydrogen) atoms. The van der Waals surface area contributed by atoms with E-state index < -0.39 is 9.84 Å². The largest absolute Gasteiger partial charge is 0.508 e. The third kappa shape index (κ3) is 3.50. The van der Waals surface area contributed by atoms with Crippen LogP contribution in [0, 0.1) is 5.92 Å². The van der Waals surface area contributed by atoms with Gasteiger partial charge >= 0.3 is 0 Å². The van der Waals surface area contributed by atoms with Gasteiger partial charge in [0.1, 0.15) is 5.75 Å². The summed E-state index contributed by atoms with van der Waals surface area (Å²) in [6.45, 7) is 1.78. The molecule has 0 aliphatic rings. The van der Waals surface area contributed by atoms with Gasteiger partial charge in [-0.05, 0) is 36.6 Å². The maximum absolute atomic E-state index is 11.9. The van der Waals surface area contributed by atoms with Crippen molar-refractivity contribution in [2.75, 3.05) is 12.4 Å². The normalized spacial score (nSPS) is 13.6. The molecule has 1 aromatic rings. The predicted octanol–water partition coefficient (Wildman–Crippen LogP) is 1.18. The minimum atomic E-state index is -3.32. The van der Waals surface area contributed by atoms with Crippen molar-refractivity contribution in [2.24, 2.45) is 5.92 Å². The Morgan fingerprint density at radius 3 is 2.31 bits per heavy atom. The van der Waals surface area contributed by atoms with Crippen LogP contribution < -0.4 is 0 Å². The molecule has 4 nitrogen and oxygen atoms in total. The molecule has 0 amide bonds. The zero-order chi connectivity index (χ0) is 12.2. The number of hydrogen-bond donors (Lipinski definition) is 2. The van der Waals surface area contributed by atoms with E-state index in [0.717, 1.165) is 0 Å². The molecule has 90 valence electrons. The molecule has 0 saturated carbocycles. The average molecular weight is 244 g/mol. The smallest absolute Gasteiger partial charge is 0.178 e. The second kappa shape index (κ2) is 5.32. The van der Waals surface area contributed by atoms with Gasteiger partial charge in [-0.3, -0.25) is 0 Å². The van der Waals surface area contributed by atoms with E-state index in [1.165, 1.54) is 24.3 Å². The van der Waals surface area contributed by atoms with Crippen LogP contribution in [0.25, 0.3) is 0 Å². The van der Waals surface area contributed by atoms with Gasteiger partial charge in [0.25, 0.3) is 0 Å². The molecule has 0 radical (unpaired) electrons. The van der Waals surface area contributed by atoms with Crippen molar-refractivity contribution in [2.45, 2.75) is 18.2 Å². The highest BCUT2D eigenvalue weighted by molar-refractivity contribution is 7.91. The number of benzene rings is 1. The van der Waals surface area contributed by atoms with E-state index >= 15 is 0 Å². The van der Waals surface area contributed by atoms with Gasteiger partial charge in [0.15, 0.2) is 9.84 Å². The Morgan fingerprint density at radius 2 is 1.81 bits per heavy atom. The van der Waals surface area contributed by atoms with Crippen LogP contribution in [0.2, 0.25) is 0 Å². The molecule has 5 heteroatoms. The summed E-state index contributed by atoms with van der Waals surface area (Å²) in [5.74, 6) is -0.0237. The van der Waals surface area contributed by atoms with Crippen molar-refractivity contribution in [1.82, 2.24) is 0 Å². The van der Waals surface area contributed by atoms with Gasteiger partial charge in [-0.15, -0.1) is 0 Å². The Bertz CT molecular complexity index is 422. The molecule has 1 atom stereocenters. The summed E-state index contributed by atoms with van der Waals surface area (Å²) in [5, 5.41) is 17.8. The number of sulfone groups is 1. The lowest BCUT2D eigenvalue weighted by atomic mass is 10.1. The highest BCUT2D eigenvalue weighted by Gasteiger charge is 2.18. The molecule has 0 heterocycles. The van der Waals surface area contributed by atoms with E-state index in [9.17, 15) is 8.42 Å². The van der Waals surface area contributed by atoms with Gasteiger partial charge in [0, 0.05) is 6.61 Å². The Hall–Kier alpha value is -1.07. The van der Waals surface area contributed by atoms with Gasteiger partial charge in [0.2, 0.25) is 0 Å². The molecule has 1 rings (SSSR count). The predicted molar refractivity (Wildman–Crippen MR) is 61.0 cm³/mol. The first-order valence-electron chi connectivity index (χ1n) is 5.08. The molecule has 0 saturated heterocycles. The maximum Gasteiger partial charge on any atom is 0.178 e. The fraction of sp³-hybridized carbons (Fsp3) is 0.455. The molecular formula is C11H16O4S. The average Bonchev–Trinajstić information content (AvgIpc) is 2.17. The van der Waals surface area contributed by atoms with Crippen LogP contribution in [0.15, 0.2) is 29.2 Å². The summed E-state index contributed by atoms with van der Waals surface area (Å²) < 4.78 is 23.7. The van der Waals surface area contributed by atoms with Crippen LogP contribution in [0.1, 0.15) is 13.3 Å². The molecule has 0 bridgehead atoms. The molecule has 2 N–H and O–H groups in total. The first-order valence-corrected chi connectivity index (χ1v) is 6.73. The highest BCUT2D eigenvalue weighted by Crippen LogP contribution is 2.18. The van der Waals surface area contributed by atoms with Crippen molar-refractivity contribution in [3.8, 4) is 5.75 Å². The lowest BCUT2D eigenvalue weighted by Gasteiger charge is -2.10. The van der Waals surface area contributed by atoms with Gasteiger partial charge in [-0.2, -0.15) is 0 Å². The Morgan fingerprint density at radius 1 is 1.25 bits per heavy atom. The third-order valence-corrected chi connectivity index (χ3v) is 4.32. The number of aromatic hydroxyl groups is 1. The number of aliphatic hydroxyl groups excluding tert-OH is 1. The highest BCUT2D eigenvalue weighted by atomic mass is 32.2. The number of rotatable bonds is 5. The second-order valence-electron chi connectivity index (χ2n) is 3.89. The quantitative estimate of drug-likeness (QED) is 0.815. The van der Waals surface area contributed by atoms with Crippen LogP contribution in [0.3, 0.4) is 0 Å². The second-order valence-corrected chi connectivity index (χ2v) is 5.93. The molecule has 1 unspecified atom stereocenters. The van der Waals surface area contributed by atoms with E-state index in [0.29, 0.717) is 6.42 Å². The van der Waals surface area contributed by atoms with Crippen molar-refractivity contribution in [3.05, 3.63) is 24.3 Å². The standard InChI is InChI=1S/C11H16O4S/c1-9(6-7-12)8-16(14,15)11-4-2-10(13)3-5-11/h2-5,9,12-13H,6-8H2,1H3. The summed E-state index contributed by atoms with van der Waals surface area (Å²) in [4.78, 5) is 0.204. The molecule has 0 fully saturated rings. The first kappa shape index (κ1) is 13.0. The minimum Gasteiger partial charge on any atom is -0.508 e. The zero-order valence-corrected chi connectivity index (χ0v) is 9.94. The van der Waals surface area contributed by atoms with Crippen molar-refractivity contribution in [1.29, 1.82) is 0 Å². The molecule has 0 aliphatic heterocycles. The lowest BCUT2D eigenvalue weighted by Crippen LogP contribution is -2.15. The van der Waals surface area contributed by atoms with Crippen molar-refractivity contribution in [3.63, 3.8) is 0 Å². The van der Waals surface area contributed by atoms with Crippen LogP contribution in [0.4, 0.5) is 0 Å². The van der Waals surface area contributed by atoms with Gasteiger partial charge in [-0.1, -0.05) is 6.92 Å². The monoisotopic (exact) mass is 244 g/mol.